The molecule has 42 heavy (non-hydrogen) atoms. The van der Waals surface area contributed by atoms with Gasteiger partial charge in [0.25, 0.3) is 0 Å². The van der Waals surface area contributed by atoms with E-state index in [4.69, 9.17) is 14.5 Å². The van der Waals surface area contributed by atoms with Crippen LogP contribution in [0.1, 0.15) is 40.6 Å². The SMILES string of the molecule is COc1cc(C=Nc2ccc([C@@H]3Nc4ccccc4[C@@H]4C=CC[C@@H]43)cc2)cc(Br)c1OCc1cccc2ccccc12. The molecular formula is C37H31BrN2O2. The van der Waals surface area contributed by atoms with Crippen molar-refractivity contribution in [2.75, 3.05) is 12.4 Å². The molecule has 0 saturated carbocycles. The molecular weight excluding hydrogens is 584 g/mol. The number of nitrogens with one attached hydrogen (secondary N) is 1. The highest BCUT2D eigenvalue weighted by atomic mass is 79.9. The molecule has 0 spiro atoms. The fourth-order valence-electron chi connectivity index (χ4n) is 6.31. The van der Waals surface area contributed by atoms with Gasteiger partial charge in [0, 0.05) is 17.8 Å². The Hall–Kier alpha value is -4.35. The van der Waals surface area contributed by atoms with E-state index in [-0.39, 0.29) is 6.04 Å². The summed E-state index contributed by atoms with van der Waals surface area (Å²) >= 11 is 3.70. The van der Waals surface area contributed by atoms with Crippen LogP contribution in [0.4, 0.5) is 11.4 Å². The van der Waals surface area contributed by atoms with Gasteiger partial charge < -0.3 is 14.8 Å². The minimum atomic E-state index is 0.277. The number of hydrogen-bond donors (Lipinski definition) is 1. The molecule has 208 valence electrons. The molecule has 5 aromatic rings. The van der Waals surface area contributed by atoms with Crippen molar-refractivity contribution in [1.29, 1.82) is 0 Å². The zero-order chi connectivity index (χ0) is 28.5. The Bertz CT molecular complexity index is 1810. The van der Waals surface area contributed by atoms with Gasteiger partial charge in [0.2, 0.25) is 0 Å². The summed E-state index contributed by atoms with van der Waals surface area (Å²) < 4.78 is 12.8. The van der Waals surface area contributed by atoms with Crippen LogP contribution in [0, 0.1) is 5.92 Å². The summed E-state index contributed by atoms with van der Waals surface area (Å²) in [5.74, 6) is 2.33. The molecule has 1 N–H and O–H groups in total. The number of methoxy groups -OCH3 is 1. The van der Waals surface area contributed by atoms with Crippen LogP contribution in [0.2, 0.25) is 0 Å². The van der Waals surface area contributed by atoms with Crippen molar-refractivity contribution in [3.8, 4) is 11.5 Å². The average Bonchev–Trinajstić information content (AvgIpc) is 3.53. The second kappa shape index (κ2) is 11.5. The first kappa shape index (κ1) is 26.5. The minimum absolute atomic E-state index is 0.277. The topological polar surface area (TPSA) is 42.8 Å². The van der Waals surface area contributed by atoms with E-state index in [1.807, 2.05) is 18.3 Å². The van der Waals surface area contributed by atoms with Crippen molar-refractivity contribution in [1.82, 2.24) is 0 Å². The fourth-order valence-corrected chi connectivity index (χ4v) is 6.89. The number of nitrogens with zero attached hydrogens (tertiary/aromatic N) is 1. The van der Waals surface area contributed by atoms with Crippen LogP contribution in [-0.4, -0.2) is 13.3 Å². The highest BCUT2D eigenvalue weighted by Gasteiger charge is 2.37. The number of anilines is 1. The molecule has 4 nitrogen and oxygen atoms in total. The van der Waals surface area contributed by atoms with E-state index < -0.39 is 0 Å². The lowest BCUT2D eigenvalue weighted by atomic mass is 9.77. The van der Waals surface area contributed by atoms with Gasteiger partial charge in [-0.3, -0.25) is 4.99 Å². The van der Waals surface area contributed by atoms with Crippen molar-refractivity contribution in [2.24, 2.45) is 10.9 Å². The maximum absolute atomic E-state index is 6.27. The first-order chi connectivity index (χ1) is 20.7. The number of hydrogen-bond acceptors (Lipinski definition) is 4. The number of ether oxygens (including phenoxy) is 2. The first-order valence-electron chi connectivity index (χ1n) is 14.3. The number of para-hydroxylation sites is 1. The molecule has 0 amide bonds. The van der Waals surface area contributed by atoms with Gasteiger partial charge in [-0.2, -0.15) is 0 Å². The van der Waals surface area contributed by atoms with Gasteiger partial charge in [0.1, 0.15) is 6.61 Å². The lowest BCUT2D eigenvalue weighted by Crippen LogP contribution is -2.28. The molecule has 0 saturated heterocycles. The standard InChI is InChI=1S/C37H31BrN2O2/c1-41-35-21-24(20-33(38)37(35)42-23-27-10-6-9-25-8-2-3-11-29(25)27)22-39-28-18-16-26(17-19-28)36-32-14-7-13-30(32)31-12-4-5-15-34(31)40-36/h2-13,15-22,30,32,36,40H,14,23H2,1H3/t30-,32-,36-/m0/s1. The summed E-state index contributed by atoms with van der Waals surface area (Å²) in [6, 6.07) is 36.2. The quantitative estimate of drug-likeness (QED) is 0.146. The second-order valence-electron chi connectivity index (χ2n) is 10.9. The molecule has 0 bridgehead atoms. The van der Waals surface area contributed by atoms with Crippen LogP contribution in [0.3, 0.4) is 0 Å². The van der Waals surface area contributed by atoms with Crippen LogP contribution in [0.5, 0.6) is 11.5 Å². The maximum Gasteiger partial charge on any atom is 0.175 e. The molecule has 5 aromatic carbocycles. The van der Waals surface area contributed by atoms with E-state index in [1.54, 1.807) is 7.11 Å². The van der Waals surface area contributed by atoms with E-state index in [1.165, 1.54) is 27.6 Å². The van der Waals surface area contributed by atoms with Gasteiger partial charge in [-0.25, -0.2) is 0 Å². The lowest BCUT2D eigenvalue weighted by molar-refractivity contribution is 0.283. The van der Waals surface area contributed by atoms with Gasteiger partial charge >= 0.3 is 0 Å². The molecule has 3 atom stereocenters. The number of allylic oxidation sites excluding steroid dienone is 2. The summed E-state index contributed by atoms with van der Waals surface area (Å²) in [4.78, 5) is 4.76. The van der Waals surface area contributed by atoms with Gasteiger partial charge in [-0.15, -0.1) is 0 Å². The number of halogens is 1. The largest absolute Gasteiger partial charge is 0.493 e. The number of fused-ring (bicyclic) bond motifs is 4. The zero-order valence-corrected chi connectivity index (χ0v) is 24.9. The van der Waals surface area contributed by atoms with Crippen molar-refractivity contribution < 1.29 is 9.47 Å². The summed E-state index contributed by atoms with van der Waals surface area (Å²) in [5, 5.41) is 6.19. The average molecular weight is 616 g/mol. The van der Waals surface area contributed by atoms with Crippen LogP contribution >= 0.6 is 15.9 Å². The Morgan fingerprint density at radius 1 is 0.929 bits per heavy atom. The van der Waals surface area contributed by atoms with Gasteiger partial charge in [0.15, 0.2) is 11.5 Å². The molecule has 0 radical (unpaired) electrons. The third kappa shape index (κ3) is 5.10. The van der Waals surface area contributed by atoms with Crippen molar-refractivity contribution in [2.45, 2.75) is 25.0 Å². The van der Waals surface area contributed by atoms with Crippen molar-refractivity contribution in [3.05, 3.63) is 142 Å². The number of benzene rings is 5. The van der Waals surface area contributed by atoms with Crippen molar-refractivity contribution >= 4 is 44.3 Å². The number of aliphatic imine (C=N–C) groups is 1. The second-order valence-corrected chi connectivity index (χ2v) is 11.7. The molecule has 2 aliphatic rings. The van der Waals surface area contributed by atoms with Crippen molar-refractivity contribution in [3.63, 3.8) is 0 Å². The Labute approximate surface area is 254 Å². The van der Waals surface area contributed by atoms with E-state index in [0.29, 0.717) is 29.9 Å². The Morgan fingerprint density at radius 3 is 2.62 bits per heavy atom. The number of rotatable bonds is 7. The maximum atomic E-state index is 6.27. The monoisotopic (exact) mass is 614 g/mol. The Kier molecular flexibility index (Phi) is 7.27. The van der Waals surface area contributed by atoms with Gasteiger partial charge in [-0.1, -0.05) is 84.9 Å². The summed E-state index contributed by atoms with van der Waals surface area (Å²) in [6.45, 7) is 0.440. The molecule has 0 fully saturated rings. The van der Waals surface area contributed by atoms with E-state index >= 15 is 0 Å². The van der Waals surface area contributed by atoms with E-state index in [9.17, 15) is 0 Å². The lowest BCUT2D eigenvalue weighted by Gasteiger charge is -2.37. The molecule has 1 heterocycles. The molecule has 1 aliphatic carbocycles. The molecule has 1 aliphatic heterocycles. The van der Waals surface area contributed by atoms with Gasteiger partial charge in [-0.05, 0) is 91.6 Å². The highest BCUT2D eigenvalue weighted by molar-refractivity contribution is 9.10. The Balaban J connectivity index is 1.07. The summed E-state index contributed by atoms with van der Waals surface area (Å²) in [7, 11) is 1.66. The third-order valence-corrected chi connectivity index (χ3v) is 8.98. The van der Waals surface area contributed by atoms with Crippen LogP contribution in [0.15, 0.2) is 125 Å². The normalized spacial score (nSPS) is 19.0. The highest BCUT2D eigenvalue weighted by Crippen LogP contribution is 2.49. The minimum Gasteiger partial charge on any atom is -0.493 e. The van der Waals surface area contributed by atoms with E-state index in [0.717, 1.165) is 27.7 Å². The van der Waals surface area contributed by atoms with E-state index in [2.05, 4.69) is 124 Å². The fraction of sp³-hybridized carbons (Fsp3) is 0.162. The Morgan fingerprint density at radius 2 is 1.74 bits per heavy atom. The van der Waals surface area contributed by atoms with Gasteiger partial charge in [0.05, 0.1) is 23.3 Å². The van der Waals surface area contributed by atoms with Crippen LogP contribution in [0.25, 0.3) is 10.8 Å². The molecule has 7 rings (SSSR count). The van der Waals surface area contributed by atoms with Crippen LogP contribution < -0.4 is 14.8 Å². The van der Waals surface area contributed by atoms with Crippen LogP contribution in [-0.2, 0) is 6.61 Å². The molecule has 0 unspecified atom stereocenters. The zero-order valence-electron chi connectivity index (χ0n) is 23.3. The summed E-state index contributed by atoms with van der Waals surface area (Å²) in [5.41, 5.74) is 6.89. The summed E-state index contributed by atoms with van der Waals surface area (Å²) in [6.07, 6.45) is 7.66. The predicted molar refractivity (Wildman–Crippen MR) is 175 cm³/mol. The first-order valence-corrected chi connectivity index (χ1v) is 15.1. The molecule has 5 heteroatoms. The third-order valence-electron chi connectivity index (χ3n) is 8.39. The predicted octanol–water partition coefficient (Wildman–Crippen LogP) is 9.77. The smallest absolute Gasteiger partial charge is 0.175 e. The molecule has 0 aromatic heterocycles.